The Hall–Kier alpha value is -2.61. The van der Waals surface area contributed by atoms with Gasteiger partial charge in [0.1, 0.15) is 0 Å². The summed E-state index contributed by atoms with van der Waals surface area (Å²) in [5.41, 5.74) is 5.61. The molecule has 1 heterocycles. The highest BCUT2D eigenvalue weighted by Crippen LogP contribution is 2.51. The van der Waals surface area contributed by atoms with Gasteiger partial charge in [-0.1, -0.05) is 30.3 Å². The fourth-order valence-electron chi connectivity index (χ4n) is 5.53. The van der Waals surface area contributed by atoms with Crippen LogP contribution in [0.2, 0.25) is 0 Å². The number of phenols is 1. The van der Waals surface area contributed by atoms with Gasteiger partial charge in [0, 0.05) is 47.8 Å². The SMILES string of the molecule is CCOc1cc(C2C3=C(CCCC3=O)N(Cc3ccccc3)C3=C2C(=O)CCC3)cc(I)c1O. The molecule has 0 unspecified atom stereocenters. The second-order valence-corrected chi connectivity index (χ2v) is 10.2. The first-order valence-electron chi connectivity index (χ1n) is 12.0. The van der Waals surface area contributed by atoms with Crippen LogP contribution in [-0.4, -0.2) is 28.2 Å². The minimum atomic E-state index is -0.411. The van der Waals surface area contributed by atoms with Crippen molar-refractivity contribution in [3.05, 3.63) is 79.7 Å². The second-order valence-electron chi connectivity index (χ2n) is 9.06. The molecule has 2 aromatic rings. The van der Waals surface area contributed by atoms with Gasteiger partial charge in [0.25, 0.3) is 0 Å². The highest BCUT2D eigenvalue weighted by atomic mass is 127. The van der Waals surface area contributed by atoms with Gasteiger partial charge in [0.15, 0.2) is 23.1 Å². The summed E-state index contributed by atoms with van der Waals surface area (Å²) in [6.45, 7) is 2.95. The van der Waals surface area contributed by atoms with Crippen LogP contribution < -0.4 is 4.74 Å². The van der Waals surface area contributed by atoms with Gasteiger partial charge in [-0.15, -0.1) is 0 Å². The standard InChI is InChI=1S/C28H28INO4/c1-2-34-24-15-18(14-19(29)28(24)33)25-26-20(10-6-12-22(26)31)30(16-17-8-4-3-5-9-17)21-11-7-13-23(32)27(21)25/h3-5,8-9,14-15,25,33H,2,6-7,10-13,16H2,1H3. The molecule has 0 saturated heterocycles. The Balaban J connectivity index is 1.72. The summed E-state index contributed by atoms with van der Waals surface area (Å²) < 4.78 is 6.36. The van der Waals surface area contributed by atoms with Crippen molar-refractivity contribution >= 4 is 34.2 Å². The lowest BCUT2D eigenvalue weighted by molar-refractivity contribution is -0.117. The Kier molecular flexibility index (Phi) is 6.51. The fraction of sp³-hybridized carbons (Fsp3) is 0.357. The van der Waals surface area contributed by atoms with Crippen LogP contribution in [0, 0.1) is 3.57 Å². The van der Waals surface area contributed by atoms with E-state index in [2.05, 4.69) is 39.6 Å². The van der Waals surface area contributed by atoms with E-state index in [1.54, 1.807) is 0 Å². The van der Waals surface area contributed by atoms with Crippen LogP contribution in [0.15, 0.2) is 65.0 Å². The minimum Gasteiger partial charge on any atom is -0.504 e. The first kappa shape index (κ1) is 23.1. The summed E-state index contributed by atoms with van der Waals surface area (Å²) in [7, 11) is 0. The maximum Gasteiger partial charge on any atom is 0.171 e. The van der Waals surface area contributed by atoms with Crippen molar-refractivity contribution in [3.8, 4) is 11.5 Å². The van der Waals surface area contributed by atoms with Crippen LogP contribution in [0.25, 0.3) is 0 Å². The number of rotatable bonds is 5. The number of aromatic hydroxyl groups is 1. The number of nitrogens with zero attached hydrogens (tertiary/aromatic N) is 1. The number of hydrogen-bond donors (Lipinski definition) is 1. The highest BCUT2D eigenvalue weighted by molar-refractivity contribution is 14.1. The third kappa shape index (κ3) is 4.06. The Morgan fingerprint density at radius 3 is 2.18 bits per heavy atom. The average Bonchev–Trinajstić information content (AvgIpc) is 2.83. The lowest BCUT2D eigenvalue weighted by Crippen LogP contribution is -2.38. The molecular formula is C28H28INO4. The third-order valence-electron chi connectivity index (χ3n) is 6.95. The number of hydrogen-bond acceptors (Lipinski definition) is 5. The number of ketones is 2. The van der Waals surface area contributed by atoms with Gasteiger partial charge in [0.2, 0.25) is 0 Å². The van der Waals surface area contributed by atoms with Crippen LogP contribution in [-0.2, 0) is 16.1 Å². The molecule has 2 aromatic carbocycles. The lowest BCUT2D eigenvalue weighted by atomic mass is 9.71. The van der Waals surface area contributed by atoms with Crippen LogP contribution in [0.5, 0.6) is 11.5 Å². The Morgan fingerprint density at radius 2 is 1.59 bits per heavy atom. The second kappa shape index (κ2) is 9.56. The Labute approximate surface area is 213 Å². The molecular weight excluding hydrogens is 541 g/mol. The molecule has 0 amide bonds. The van der Waals surface area contributed by atoms with Crippen molar-refractivity contribution in [1.82, 2.24) is 4.90 Å². The third-order valence-corrected chi connectivity index (χ3v) is 7.78. The predicted molar refractivity (Wildman–Crippen MR) is 138 cm³/mol. The zero-order valence-corrected chi connectivity index (χ0v) is 21.4. The van der Waals surface area contributed by atoms with E-state index in [1.807, 2.05) is 37.3 Å². The summed E-state index contributed by atoms with van der Waals surface area (Å²) in [6.07, 6.45) is 4.29. The van der Waals surface area contributed by atoms with Gasteiger partial charge in [-0.2, -0.15) is 0 Å². The molecule has 1 aliphatic heterocycles. The number of Topliss-reactive ketones (excluding diaryl/α,β-unsaturated/α-hetero) is 2. The van der Waals surface area contributed by atoms with E-state index in [0.717, 1.165) is 59.4 Å². The number of carbonyl (C=O) groups is 2. The molecule has 6 heteroatoms. The van der Waals surface area contributed by atoms with Gasteiger partial charge in [0.05, 0.1) is 10.2 Å². The first-order valence-corrected chi connectivity index (χ1v) is 13.1. The molecule has 5 nitrogen and oxygen atoms in total. The number of phenolic OH excluding ortho intramolecular Hbond substituents is 1. The number of ether oxygens (including phenoxy) is 1. The molecule has 1 N–H and O–H groups in total. The Bertz CT molecular complexity index is 1170. The first-order chi connectivity index (χ1) is 16.5. The van der Waals surface area contributed by atoms with Crippen molar-refractivity contribution < 1.29 is 19.4 Å². The smallest absolute Gasteiger partial charge is 0.171 e. The van der Waals surface area contributed by atoms with E-state index in [1.165, 1.54) is 0 Å². The highest BCUT2D eigenvalue weighted by Gasteiger charge is 2.43. The topological polar surface area (TPSA) is 66.8 Å². The molecule has 0 fully saturated rings. The van der Waals surface area contributed by atoms with Gasteiger partial charge < -0.3 is 14.7 Å². The molecule has 0 spiro atoms. The molecule has 176 valence electrons. The molecule has 3 aliphatic rings. The molecule has 34 heavy (non-hydrogen) atoms. The molecule has 5 rings (SSSR count). The quantitative estimate of drug-likeness (QED) is 0.447. The predicted octanol–water partition coefficient (Wildman–Crippen LogP) is 6.01. The van der Waals surface area contributed by atoms with Gasteiger partial charge in [-0.3, -0.25) is 9.59 Å². The van der Waals surface area contributed by atoms with Crippen molar-refractivity contribution in [1.29, 1.82) is 0 Å². The number of benzene rings is 2. The van der Waals surface area contributed by atoms with Crippen LogP contribution in [0.1, 0.15) is 62.5 Å². The van der Waals surface area contributed by atoms with Crippen molar-refractivity contribution in [3.63, 3.8) is 0 Å². The van der Waals surface area contributed by atoms with E-state index in [0.29, 0.717) is 35.3 Å². The van der Waals surface area contributed by atoms with Crippen molar-refractivity contribution in [2.75, 3.05) is 6.61 Å². The van der Waals surface area contributed by atoms with Gasteiger partial charge in [-0.25, -0.2) is 0 Å². The van der Waals surface area contributed by atoms with Crippen molar-refractivity contribution in [2.45, 2.75) is 57.9 Å². The van der Waals surface area contributed by atoms with E-state index >= 15 is 0 Å². The maximum atomic E-state index is 13.5. The van der Waals surface area contributed by atoms with E-state index in [9.17, 15) is 14.7 Å². The molecule has 0 atom stereocenters. The number of carbonyl (C=O) groups excluding carboxylic acids is 2. The summed E-state index contributed by atoms with van der Waals surface area (Å²) in [5, 5.41) is 10.5. The zero-order chi connectivity index (χ0) is 23.8. The monoisotopic (exact) mass is 569 g/mol. The Morgan fingerprint density at radius 1 is 0.971 bits per heavy atom. The maximum absolute atomic E-state index is 13.5. The number of halogens is 1. The van der Waals surface area contributed by atoms with Crippen LogP contribution in [0.4, 0.5) is 0 Å². The summed E-state index contributed by atoms with van der Waals surface area (Å²) >= 11 is 2.09. The largest absolute Gasteiger partial charge is 0.504 e. The van der Waals surface area contributed by atoms with Crippen LogP contribution >= 0.6 is 22.6 Å². The van der Waals surface area contributed by atoms with E-state index in [-0.39, 0.29) is 17.3 Å². The minimum absolute atomic E-state index is 0.0982. The van der Waals surface area contributed by atoms with Crippen LogP contribution in [0.3, 0.4) is 0 Å². The fourth-order valence-corrected chi connectivity index (χ4v) is 6.16. The van der Waals surface area contributed by atoms with Crippen molar-refractivity contribution in [2.24, 2.45) is 0 Å². The molecule has 0 bridgehead atoms. The molecule has 0 saturated carbocycles. The molecule has 0 aromatic heterocycles. The van der Waals surface area contributed by atoms with Gasteiger partial charge >= 0.3 is 0 Å². The molecule has 2 aliphatic carbocycles. The lowest BCUT2D eigenvalue weighted by Gasteiger charge is -2.44. The normalized spacial score (nSPS) is 18.8. The van der Waals surface area contributed by atoms with E-state index in [4.69, 9.17) is 4.74 Å². The van der Waals surface area contributed by atoms with E-state index < -0.39 is 5.92 Å². The van der Waals surface area contributed by atoms with Gasteiger partial charge in [-0.05, 0) is 78.5 Å². The molecule has 0 radical (unpaired) electrons. The number of allylic oxidation sites excluding steroid dienone is 4. The summed E-state index contributed by atoms with van der Waals surface area (Å²) in [5.74, 6) is 0.324. The summed E-state index contributed by atoms with van der Waals surface area (Å²) in [6, 6.07) is 14.0. The average molecular weight is 569 g/mol. The zero-order valence-electron chi connectivity index (χ0n) is 19.3. The summed E-state index contributed by atoms with van der Waals surface area (Å²) in [4.78, 5) is 29.2.